The number of benzene rings is 2. The Labute approximate surface area is 173 Å². The molecule has 0 bridgehead atoms. The van der Waals surface area contributed by atoms with Crippen molar-refractivity contribution in [2.75, 3.05) is 45.7 Å². The molecule has 0 saturated carbocycles. The van der Waals surface area contributed by atoms with E-state index in [1.165, 1.54) is 0 Å². The third-order valence-corrected chi connectivity index (χ3v) is 5.20. The van der Waals surface area contributed by atoms with Crippen molar-refractivity contribution in [2.45, 2.75) is 19.8 Å². The second kappa shape index (κ2) is 10.2. The number of nitrogens with one attached hydrogen (secondary N) is 1. The van der Waals surface area contributed by atoms with Gasteiger partial charge in [0.25, 0.3) is 0 Å². The molecule has 0 saturated heterocycles. The molecular formula is C24H32N4O. The van der Waals surface area contributed by atoms with Gasteiger partial charge in [-0.1, -0.05) is 18.2 Å². The van der Waals surface area contributed by atoms with Gasteiger partial charge in [-0.3, -0.25) is 0 Å². The highest BCUT2D eigenvalue weighted by Crippen LogP contribution is 2.31. The molecule has 0 aliphatic heterocycles. The Morgan fingerprint density at radius 2 is 1.86 bits per heavy atom. The van der Waals surface area contributed by atoms with Crippen molar-refractivity contribution in [3.8, 4) is 17.0 Å². The van der Waals surface area contributed by atoms with Gasteiger partial charge in [0.1, 0.15) is 5.75 Å². The monoisotopic (exact) mass is 392 g/mol. The fourth-order valence-electron chi connectivity index (χ4n) is 3.56. The summed E-state index contributed by atoms with van der Waals surface area (Å²) >= 11 is 0. The van der Waals surface area contributed by atoms with Crippen LogP contribution in [0.15, 0.2) is 48.5 Å². The van der Waals surface area contributed by atoms with Crippen molar-refractivity contribution in [2.24, 2.45) is 5.73 Å². The molecule has 5 nitrogen and oxygen atoms in total. The summed E-state index contributed by atoms with van der Waals surface area (Å²) in [5.74, 6) is 0.865. The predicted octanol–water partition coefficient (Wildman–Crippen LogP) is 4.30. The smallest absolute Gasteiger partial charge is 0.119 e. The molecule has 0 unspecified atom stereocenters. The molecule has 1 heterocycles. The van der Waals surface area contributed by atoms with Gasteiger partial charge in [-0.2, -0.15) is 0 Å². The largest absolute Gasteiger partial charge is 0.497 e. The van der Waals surface area contributed by atoms with Crippen LogP contribution in [0.5, 0.6) is 5.75 Å². The van der Waals surface area contributed by atoms with Crippen LogP contribution in [0.1, 0.15) is 18.4 Å². The summed E-state index contributed by atoms with van der Waals surface area (Å²) in [4.78, 5) is 7.25. The van der Waals surface area contributed by atoms with E-state index in [0.717, 1.165) is 78.2 Å². The number of aryl methyl sites for hydroxylation is 1. The topological polar surface area (TPSA) is 63.4 Å². The Morgan fingerprint density at radius 1 is 1.07 bits per heavy atom. The van der Waals surface area contributed by atoms with Gasteiger partial charge < -0.3 is 20.7 Å². The number of ether oxygens (including phenoxy) is 1. The van der Waals surface area contributed by atoms with Crippen LogP contribution < -0.4 is 15.8 Å². The minimum atomic E-state index is 0.749. The number of nitrogens with two attached hydrogens (primary N) is 1. The molecule has 1 aromatic heterocycles. The zero-order chi connectivity index (χ0) is 20.6. The van der Waals surface area contributed by atoms with E-state index in [1.54, 1.807) is 7.11 Å². The van der Waals surface area contributed by atoms with Crippen LogP contribution in [0.2, 0.25) is 0 Å². The molecular weight excluding hydrogens is 360 g/mol. The number of aromatic nitrogens is 1. The van der Waals surface area contributed by atoms with Crippen molar-refractivity contribution >= 4 is 16.6 Å². The molecule has 154 valence electrons. The zero-order valence-corrected chi connectivity index (χ0v) is 17.7. The summed E-state index contributed by atoms with van der Waals surface area (Å²) in [7, 11) is 3.85. The SMILES string of the molecule is COc1ccc(-c2cc(NCCCN(C)CCCN)c3ccccc3n2)c(C)c1. The van der Waals surface area contributed by atoms with Crippen LogP contribution in [0, 0.1) is 6.92 Å². The standard InChI is InChI=1S/C24H32N4O/c1-18-16-19(29-3)10-11-20(18)24-17-23(21-8-4-5-9-22(21)27-24)26-13-7-15-28(2)14-6-12-25/h4-5,8-11,16-17H,6-7,12-15,25H2,1-3H3,(H,26,27). The minimum absolute atomic E-state index is 0.749. The van der Waals surface area contributed by atoms with E-state index < -0.39 is 0 Å². The van der Waals surface area contributed by atoms with E-state index in [1.807, 2.05) is 12.1 Å². The number of nitrogens with zero attached hydrogens (tertiary/aromatic N) is 2. The van der Waals surface area contributed by atoms with Crippen molar-refractivity contribution in [3.05, 3.63) is 54.1 Å². The predicted molar refractivity (Wildman–Crippen MR) is 123 cm³/mol. The fourth-order valence-corrected chi connectivity index (χ4v) is 3.56. The van der Waals surface area contributed by atoms with E-state index in [9.17, 15) is 0 Å². The Hall–Kier alpha value is -2.63. The second-order valence-corrected chi connectivity index (χ2v) is 7.48. The third-order valence-electron chi connectivity index (χ3n) is 5.20. The lowest BCUT2D eigenvalue weighted by atomic mass is 10.0. The highest BCUT2D eigenvalue weighted by atomic mass is 16.5. The quantitative estimate of drug-likeness (QED) is 0.504. The molecule has 0 aliphatic carbocycles. The summed E-state index contributed by atoms with van der Waals surface area (Å²) in [6, 6.07) is 16.6. The first-order valence-corrected chi connectivity index (χ1v) is 10.3. The van der Waals surface area contributed by atoms with Crippen LogP contribution in [-0.2, 0) is 0 Å². The highest BCUT2D eigenvalue weighted by molar-refractivity contribution is 5.94. The first-order valence-electron chi connectivity index (χ1n) is 10.3. The van der Waals surface area contributed by atoms with E-state index in [0.29, 0.717) is 0 Å². The lowest BCUT2D eigenvalue weighted by Gasteiger charge is -2.17. The van der Waals surface area contributed by atoms with Crippen LogP contribution in [-0.4, -0.2) is 50.2 Å². The Balaban J connectivity index is 1.80. The summed E-state index contributed by atoms with van der Waals surface area (Å²) in [5, 5.41) is 4.79. The van der Waals surface area contributed by atoms with Gasteiger partial charge in [-0.25, -0.2) is 4.98 Å². The molecule has 0 spiro atoms. The number of rotatable bonds is 10. The maximum Gasteiger partial charge on any atom is 0.119 e. The number of methoxy groups -OCH3 is 1. The molecule has 29 heavy (non-hydrogen) atoms. The maximum atomic E-state index is 5.60. The number of hydrogen-bond acceptors (Lipinski definition) is 5. The molecule has 3 N–H and O–H groups in total. The van der Waals surface area contributed by atoms with Crippen molar-refractivity contribution in [1.82, 2.24) is 9.88 Å². The molecule has 0 aliphatic rings. The average molecular weight is 393 g/mol. The Kier molecular flexibility index (Phi) is 7.44. The summed E-state index contributed by atoms with van der Waals surface area (Å²) < 4.78 is 5.35. The van der Waals surface area contributed by atoms with Crippen molar-refractivity contribution in [3.63, 3.8) is 0 Å². The van der Waals surface area contributed by atoms with Crippen LogP contribution in [0.4, 0.5) is 5.69 Å². The van der Waals surface area contributed by atoms with E-state index in [-0.39, 0.29) is 0 Å². The van der Waals surface area contributed by atoms with Crippen molar-refractivity contribution in [1.29, 1.82) is 0 Å². The van der Waals surface area contributed by atoms with E-state index in [4.69, 9.17) is 15.5 Å². The van der Waals surface area contributed by atoms with E-state index in [2.05, 4.69) is 60.6 Å². The van der Waals surface area contributed by atoms with Crippen LogP contribution >= 0.6 is 0 Å². The number of anilines is 1. The Bertz CT molecular complexity index is 941. The molecule has 0 fully saturated rings. The molecule has 3 aromatic rings. The van der Waals surface area contributed by atoms with E-state index >= 15 is 0 Å². The summed E-state index contributed by atoms with van der Waals surface area (Å²) in [5.41, 5.74) is 11.0. The summed E-state index contributed by atoms with van der Waals surface area (Å²) in [6.07, 6.45) is 2.12. The van der Waals surface area contributed by atoms with Gasteiger partial charge in [0.05, 0.1) is 18.3 Å². The first kappa shape index (κ1) is 21.1. The molecule has 0 amide bonds. The number of hydrogen-bond donors (Lipinski definition) is 2. The number of para-hydroxylation sites is 1. The highest BCUT2D eigenvalue weighted by Gasteiger charge is 2.10. The van der Waals surface area contributed by atoms with Gasteiger partial charge >= 0.3 is 0 Å². The number of pyridine rings is 1. The third kappa shape index (κ3) is 5.46. The zero-order valence-electron chi connectivity index (χ0n) is 17.7. The average Bonchev–Trinajstić information content (AvgIpc) is 2.74. The fraction of sp³-hybridized carbons (Fsp3) is 0.375. The van der Waals surface area contributed by atoms with Crippen molar-refractivity contribution < 1.29 is 4.74 Å². The molecule has 0 radical (unpaired) electrons. The minimum Gasteiger partial charge on any atom is -0.497 e. The van der Waals surface area contributed by atoms with Gasteiger partial charge in [0.2, 0.25) is 0 Å². The molecule has 3 rings (SSSR count). The summed E-state index contributed by atoms with van der Waals surface area (Å²) in [6.45, 7) is 5.87. The molecule has 2 aromatic carbocycles. The van der Waals surface area contributed by atoms with Crippen LogP contribution in [0.25, 0.3) is 22.2 Å². The lowest BCUT2D eigenvalue weighted by Crippen LogP contribution is -2.24. The van der Waals surface area contributed by atoms with Gasteiger partial charge in [-0.15, -0.1) is 0 Å². The first-order chi connectivity index (χ1) is 14.1. The Morgan fingerprint density at radius 3 is 2.62 bits per heavy atom. The molecule has 0 atom stereocenters. The number of fused-ring (bicyclic) bond motifs is 1. The van der Waals surface area contributed by atoms with Gasteiger partial charge in [0, 0.05) is 23.2 Å². The second-order valence-electron chi connectivity index (χ2n) is 7.48. The maximum absolute atomic E-state index is 5.60. The normalized spacial score (nSPS) is 11.2. The lowest BCUT2D eigenvalue weighted by molar-refractivity contribution is 0.330. The molecule has 5 heteroatoms. The van der Waals surface area contributed by atoms with Gasteiger partial charge in [0.15, 0.2) is 0 Å². The van der Waals surface area contributed by atoms with Crippen LogP contribution in [0.3, 0.4) is 0 Å². The van der Waals surface area contributed by atoms with Gasteiger partial charge in [-0.05, 0) is 82.3 Å².